The van der Waals surface area contributed by atoms with Crippen molar-refractivity contribution < 1.29 is 4.74 Å². The lowest BCUT2D eigenvalue weighted by molar-refractivity contribution is 0.303. The maximum absolute atomic E-state index is 5.97. The van der Waals surface area contributed by atoms with Crippen molar-refractivity contribution in [3.05, 3.63) is 6.33 Å². The quantitative estimate of drug-likeness (QED) is 0.818. The number of hydrogen-bond donors (Lipinski definition) is 2. The molecule has 0 amide bonds. The van der Waals surface area contributed by atoms with Crippen LogP contribution in [0, 0.1) is 5.92 Å². The average molecular weight is 236 g/mol. The molecule has 0 bridgehead atoms. The summed E-state index contributed by atoms with van der Waals surface area (Å²) in [5, 5.41) is 3.34. The Morgan fingerprint density at radius 1 is 1.47 bits per heavy atom. The predicted octanol–water partition coefficient (Wildman–Crippen LogP) is 2.06. The lowest BCUT2D eigenvalue weighted by Gasteiger charge is -2.33. The minimum Gasteiger partial charge on any atom is -0.476 e. The maximum Gasteiger partial charge on any atom is 0.242 e. The van der Waals surface area contributed by atoms with E-state index in [9.17, 15) is 0 Å². The van der Waals surface area contributed by atoms with Gasteiger partial charge in [0, 0.05) is 6.04 Å². The number of rotatable bonds is 5. The van der Waals surface area contributed by atoms with E-state index in [1.807, 2.05) is 6.92 Å². The van der Waals surface area contributed by atoms with Crippen molar-refractivity contribution in [1.29, 1.82) is 0 Å². The van der Waals surface area contributed by atoms with Gasteiger partial charge in [-0.25, -0.2) is 4.98 Å². The first-order valence-corrected chi connectivity index (χ1v) is 6.20. The molecule has 3 N–H and O–H groups in total. The third kappa shape index (κ3) is 2.78. The standard InChI is InChI=1S/C12H20N4O/c1-3-4-17-12-10(13)11(14-7-15-12)16-9-5-8(2)6-9/h7-9H,3-6,13H2,1-2H3,(H,14,15,16). The van der Waals surface area contributed by atoms with E-state index in [1.165, 1.54) is 19.2 Å². The van der Waals surface area contributed by atoms with E-state index in [0.717, 1.165) is 12.3 Å². The molecule has 94 valence electrons. The number of nitrogens with zero attached hydrogens (tertiary/aromatic N) is 2. The van der Waals surface area contributed by atoms with Gasteiger partial charge in [-0.2, -0.15) is 4.98 Å². The number of ether oxygens (including phenoxy) is 1. The zero-order chi connectivity index (χ0) is 12.3. The molecular weight excluding hydrogens is 216 g/mol. The molecule has 2 rings (SSSR count). The molecule has 1 saturated carbocycles. The number of nitrogens with one attached hydrogen (secondary N) is 1. The average Bonchev–Trinajstić information content (AvgIpc) is 2.28. The first-order chi connectivity index (χ1) is 8.20. The second-order valence-corrected chi connectivity index (χ2v) is 4.71. The topological polar surface area (TPSA) is 73.1 Å². The Morgan fingerprint density at radius 3 is 2.88 bits per heavy atom. The van der Waals surface area contributed by atoms with Crippen molar-refractivity contribution in [2.24, 2.45) is 5.92 Å². The zero-order valence-electron chi connectivity index (χ0n) is 10.4. The van der Waals surface area contributed by atoms with E-state index in [-0.39, 0.29) is 0 Å². The molecule has 0 saturated heterocycles. The van der Waals surface area contributed by atoms with Crippen LogP contribution in [0.5, 0.6) is 5.88 Å². The summed E-state index contributed by atoms with van der Waals surface area (Å²) in [6, 6.07) is 0.487. The van der Waals surface area contributed by atoms with Gasteiger partial charge in [-0.05, 0) is 25.2 Å². The Morgan fingerprint density at radius 2 is 2.24 bits per heavy atom. The smallest absolute Gasteiger partial charge is 0.242 e. The predicted molar refractivity (Wildman–Crippen MR) is 68.0 cm³/mol. The SMILES string of the molecule is CCCOc1ncnc(NC2CC(C)C2)c1N. The van der Waals surface area contributed by atoms with E-state index in [4.69, 9.17) is 10.5 Å². The van der Waals surface area contributed by atoms with E-state index in [1.54, 1.807) is 0 Å². The van der Waals surface area contributed by atoms with Gasteiger partial charge < -0.3 is 15.8 Å². The normalized spacial score (nSPS) is 22.9. The van der Waals surface area contributed by atoms with E-state index in [2.05, 4.69) is 22.2 Å². The minimum absolute atomic E-state index is 0.483. The number of anilines is 2. The van der Waals surface area contributed by atoms with Crippen LogP contribution < -0.4 is 15.8 Å². The summed E-state index contributed by atoms with van der Waals surface area (Å²) in [4.78, 5) is 8.21. The van der Waals surface area contributed by atoms with Crippen LogP contribution in [0.2, 0.25) is 0 Å². The first-order valence-electron chi connectivity index (χ1n) is 6.20. The molecule has 0 radical (unpaired) electrons. The van der Waals surface area contributed by atoms with Crippen molar-refractivity contribution in [2.45, 2.75) is 39.2 Å². The van der Waals surface area contributed by atoms with E-state index < -0.39 is 0 Å². The molecule has 0 aliphatic heterocycles. The van der Waals surface area contributed by atoms with Crippen LogP contribution in [0.15, 0.2) is 6.33 Å². The van der Waals surface area contributed by atoms with E-state index in [0.29, 0.717) is 30.0 Å². The summed E-state index contributed by atoms with van der Waals surface area (Å²) in [7, 11) is 0. The molecule has 0 unspecified atom stereocenters. The van der Waals surface area contributed by atoms with Gasteiger partial charge in [-0.1, -0.05) is 13.8 Å². The first kappa shape index (κ1) is 12.0. The van der Waals surface area contributed by atoms with Gasteiger partial charge in [0.1, 0.15) is 12.0 Å². The highest BCUT2D eigenvalue weighted by Crippen LogP contribution is 2.32. The molecule has 5 nitrogen and oxygen atoms in total. The van der Waals surface area contributed by atoms with Gasteiger partial charge in [-0.15, -0.1) is 0 Å². The van der Waals surface area contributed by atoms with Crippen LogP contribution >= 0.6 is 0 Å². The number of nitrogens with two attached hydrogens (primary N) is 1. The molecule has 0 aromatic carbocycles. The second kappa shape index (κ2) is 5.21. The van der Waals surface area contributed by atoms with Gasteiger partial charge in [0.15, 0.2) is 5.82 Å². The fraction of sp³-hybridized carbons (Fsp3) is 0.667. The number of hydrogen-bond acceptors (Lipinski definition) is 5. The number of aromatic nitrogens is 2. The van der Waals surface area contributed by atoms with Gasteiger partial charge in [0.25, 0.3) is 0 Å². The largest absolute Gasteiger partial charge is 0.476 e. The molecule has 1 heterocycles. The Kier molecular flexibility index (Phi) is 3.66. The summed E-state index contributed by atoms with van der Waals surface area (Å²) < 4.78 is 5.46. The van der Waals surface area contributed by atoms with Crippen LogP contribution in [0.4, 0.5) is 11.5 Å². The number of nitrogen functional groups attached to an aromatic ring is 1. The van der Waals surface area contributed by atoms with Crippen LogP contribution in [0.1, 0.15) is 33.1 Å². The molecule has 1 aliphatic carbocycles. The third-order valence-electron chi connectivity index (χ3n) is 3.00. The Labute approximate surface area is 102 Å². The molecule has 5 heteroatoms. The van der Waals surface area contributed by atoms with Gasteiger partial charge in [0.2, 0.25) is 5.88 Å². The van der Waals surface area contributed by atoms with Crippen molar-refractivity contribution >= 4 is 11.5 Å². The van der Waals surface area contributed by atoms with Crippen molar-refractivity contribution in [3.8, 4) is 5.88 Å². The summed E-state index contributed by atoms with van der Waals surface area (Å²) in [5.74, 6) is 1.98. The molecule has 1 aromatic rings. The van der Waals surface area contributed by atoms with Gasteiger partial charge >= 0.3 is 0 Å². The molecule has 1 aliphatic rings. The summed E-state index contributed by atoms with van der Waals surface area (Å²) in [6.07, 6.45) is 4.78. The Balaban J connectivity index is 2.01. The zero-order valence-corrected chi connectivity index (χ0v) is 10.4. The fourth-order valence-corrected chi connectivity index (χ4v) is 2.02. The summed E-state index contributed by atoms with van der Waals surface area (Å²) in [5.41, 5.74) is 6.49. The molecule has 1 fully saturated rings. The molecule has 0 atom stereocenters. The van der Waals surface area contributed by atoms with Gasteiger partial charge in [-0.3, -0.25) is 0 Å². The molecular formula is C12H20N4O. The van der Waals surface area contributed by atoms with Crippen molar-refractivity contribution in [2.75, 3.05) is 17.7 Å². The highest BCUT2D eigenvalue weighted by molar-refractivity contribution is 5.66. The van der Waals surface area contributed by atoms with Crippen LogP contribution in [0.3, 0.4) is 0 Å². The van der Waals surface area contributed by atoms with Crippen LogP contribution in [-0.2, 0) is 0 Å². The third-order valence-corrected chi connectivity index (χ3v) is 3.00. The second-order valence-electron chi connectivity index (χ2n) is 4.71. The Hall–Kier alpha value is -1.52. The molecule has 0 spiro atoms. The highest BCUT2D eigenvalue weighted by Gasteiger charge is 2.26. The monoisotopic (exact) mass is 236 g/mol. The van der Waals surface area contributed by atoms with Gasteiger partial charge in [0.05, 0.1) is 6.61 Å². The van der Waals surface area contributed by atoms with Crippen LogP contribution in [-0.4, -0.2) is 22.6 Å². The molecule has 17 heavy (non-hydrogen) atoms. The Bertz CT molecular complexity index is 377. The lowest BCUT2D eigenvalue weighted by Crippen LogP contribution is -2.34. The van der Waals surface area contributed by atoms with Crippen molar-refractivity contribution in [1.82, 2.24) is 9.97 Å². The highest BCUT2D eigenvalue weighted by atomic mass is 16.5. The summed E-state index contributed by atoms with van der Waals surface area (Å²) in [6.45, 7) is 4.92. The van der Waals surface area contributed by atoms with Crippen LogP contribution in [0.25, 0.3) is 0 Å². The fourth-order valence-electron chi connectivity index (χ4n) is 2.02. The molecule has 1 aromatic heterocycles. The van der Waals surface area contributed by atoms with Crippen molar-refractivity contribution in [3.63, 3.8) is 0 Å². The lowest BCUT2D eigenvalue weighted by atomic mass is 9.82. The van der Waals surface area contributed by atoms with E-state index >= 15 is 0 Å². The minimum atomic E-state index is 0.483. The summed E-state index contributed by atoms with van der Waals surface area (Å²) >= 11 is 0. The maximum atomic E-state index is 5.97.